The Labute approximate surface area is 162 Å². The summed E-state index contributed by atoms with van der Waals surface area (Å²) in [5.41, 5.74) is 0.652. The Morgan fingerprint density at radius 1 is 1.00 bits per heavy atom. The van der Waals surface area contributed by atoms with Gasteiger partial charge >= 0.3 is 0 Å². The predicted molar refractivity (Wildman–Crippen MR) is 103 cm³/mol. The first-order valence-corrected chi connectivity index (χ1v) is 10.2. The fourth-order valence-corrected chi connectivity index (χ4v) is 4.73. The normalized spacial score (nSPS) is 15.7. The van der Waals surface area contributed by atoms with Gasteiger partial charge in [0.05, 0.1) is 17.5 Å². The minimum Gasteiger partial charge on any atom is -0.497 e. The monoisotopic (exact) mass is 402 g/mol. The van der Waals surface area contributed by atoms with E-state index >= 15 is 0 Å². The number of hydrogen-bond acceptors (Lipinski definition) is 6. The van der Waals surface area contributed by atoms with Crippen LogP contribution in [0.15, 0.2) is 53.7 Å². The molecule has 1 saturated heterocycles. The van der Waals surface area contributed by atoms with Gasteiger partial charge in [-0.1, -0.05) is 0 Å². The van der Waals surface area contributed by atoms with Crippen LogP contribution in [0.25, 0.3) is 10.9 Å². The van der Waals surface area contributed by atoms with E-state index in [-0.39, 0.29) is 10.7 Å². The molecule has 1 aromatic heterocycles. The average molecular weight is 402 g/mol. The van der Waals surface area contributed by atoms with Crippen molar-refractivity contribution in [1.29, 1.82) is 0 Å². The Bertz CT molecular complexity index is 1100. The summed E-state index contributed by atoms with van der Waals surface area (Å²) in [4.78, 5) is 10.7. The van der Waals surface area contributed by atoms with Crippen LogP contribution in [-0.2, 0) is 10.0 Å². The molecule has 28 heavy (non-hydrogen) atoms. The topological polar surface area (TPSA) is 75.6 Å². The number of halogens is 1. The van der Waals surface area contributed by atoms with Crippen LogP contribution in [0, 0.1) is 5.82 Å². The molecule has 2 heterocycles. The van der Waals surface area contributed by atoms with Crippen LogP contribution in [0.2, 0.25) is 0 Å². The van der Waals surface area contributed by atoms with Crippen LogP contribution < -0.4 is 9.64 Å². The summed E-state index contributed by atoms with van der Waals surface area (Å²) in [5, 5.41) is 0.619. The number of nitrogens with zero attached hydrogens (tertiary/aromatic N) is 4. The smallest absolute Gasteiger partial charge is 0.243 e. The number of benzene rings is 2. The van der Waals surface area contributed by atoms with Gasteiger partial charge in [-0.3, -0.25) is 0 Å². The lowest BCUT2D eigenvalue weighted by Crippen LogP contribution is -2.49. The molecule has 0 atom stereocenters. The zero-order chi connectivity index (χ0) is 19.7. The summed E-state index contributed by atoms with van der Waals surface area (Å²) >= 11 is 0. The molecule has 1 aliphatic heterocycles. The summed E-state index contributed by atoms with van der Waals surface area (Å²) in [5.74, 6) is 0.863. The molecule has 2 aromatic carbocycles. The first kappa shape index (κ1) is 18.6. The van der Waals surface area contributed by atoms with E-state index in [2.05, 4.69) is 9.97 Å². The molecule has 1 aliphatic rings. The van der Waals surface area contributed by atoms with Crippen LogP contribution in [0.1, 0.15) is 0 Å². The first-order chi connectivity index (χ1) is 13.5. The Balaban J connectivity index is 1.54. The lowest BCUT2D eigenvalue weighted by molar-refractivity contribution is 0.384. The molecule has 1 fully saturated rings. The quantitative estimate of drug-likeness (QED) is 0.667. The van der Waals surface area contributed by atoms with Gasteiger partial charge in [0.2, 0.25) is 10.0 Å². The van der Waals surface area contributed by atoms with Gasteiger partial charge in [0.15, 0.2) is 0 Å². The summed E-state index contributed by atoms with van der Waals surface area (Å²) in [6.07, 6.45) is 1.44. The lowest BCUT2D eigenvalue weighted by Gasteiger charge is -2.35. The van der Waals surface area contributed by atoms with Crippen LogP contribution in [0.5, 0.6) is 5.75 Å². The van der Waals surface area contributed by atoms with Crippen molar-refractivity contribution >= 4 is 26.7 Å². The van der Waals surface area contributed by atoms with E-state index in [1.165, 1.54) is 29.9 Å². The Morgan fingerprint density at radius 3 is 2.39 bits per heavy atom. The number of anilines is 1. The third kappa shape index (κ3) is 3.38. The van der Waals surface area contributed by atoms with E-state index < -0.39 is 10.0 Å². The molecule has 3 aromatic rings. The molecule has 0 radical (unpaired) electrons. The molecule has 0 saturated carbocycles. The lowest BCUT2D eigenvalue weighted by atomic mass is 10.2. The number of methoxy groups -OCH3 is 1. The second kappa shape index (κ2) is 7.33. The maximum absolute atomic E-state index is 13.7. The third-order valence-corrected chi connectivity index (χ3v) is 6.72. The second-order valence-electron chi connectivity index (χ2n) is 6.43. The zero-order valence-electron chi connectivity index (χ0n) is 15.2. The van der Waals surface area contributed by atoms with E-state index in [1.54, 1.807) is 30.3 Å². The molecular weight excluding hydrogens is 383 g/mol. The third-order valence-electron chi connectivity index (χ3n) is 4.81. The number of aromatic nitrogens is 2. The van der Waals surface area contributed by atoms with Crippen LogP contribution in [0.4, 0.5) is 10.2 Å². The number of piperazine rings is 1. The predicted octanol–water partition coefficient (Wildman–Crippen LogP) is 2.29. The van der Waals surface area contributed by atoms with Crippen molar-refractivity contribution < 1.29 is 17.5 Å². The molecule has 0 N–H and O–H groups in total. The van der Waals surface area contributed by atoms with E-state index in [4.69, 9.17) is 4.74 Å². The summed E-state index contributed by atoms with van der Waals surface area (Å²) in [7, 11) is -2.05. The first-order valence-electron chi connectivity index (χ1n) is 8.78. The van der Waals surface area contributed by atoms with Gasteiger partial charge in [-0.2, -0.15) is 4.31 Å². The maximum atomic E-state index is 13.7. The maximum Gasteiger partial charge on any atom is 0.243 e. The van der Waals surface area contributed by atoms with Crippen molar-refractivity contribution in [2.24, 2.45) is 0 Å². The van der Waals surface area contributed by atoms with Crippen LogP contribution in [0.3, 0.4) is 0 Å². The molecule has 0 bridgehead atoms. The Morgan fingerprint density at radius 2 is 1.71 bits per heavy atom. The zero-order valence-corrected chi connectivity index (χ0v) is 16.1. The number of rotatable bonds is 4. The van der Waals surface area contributed by atoms with Crippen LogP contribution in [-0.4, -0.2) is 56.0 Å². The van der Waals surface area contributed by atoms with Crippen LogP contribution >= 0.6 is 0 Å². The number of ether oxygens (including phenoxy) is 1. The molecule has 0 amide bonds. The minimum atomic E-state index is -3.58. The van der Waals surface area contributed by atoms with Crippen molar-refractivity contribution in [2.45, 2.75) is 4.90 Å². The average Bonchev–Trinajstić information content (AvgIpc) is 2.73. The highest BCUT2D eigenvalue weighted by Gasteiger charge is 2.29. The SMILES string of the molecule is COc1ccc(S(=O)(=O)N2CCN(c3ncnc4ccc(F)cc34)CC2)cc1. The Kier molecular flexibility index (Phi) is 4.86. The van der Waals surface area contributed by atoms with Gasteiger partial charge in [-0.15, -0.1) is 0 Å². The number of hydrogen-bond donors (Lipinski definition) is 0. The largest absolute Gasteiger partial charge is 0.497 e. The van der Waals surface area contributed by atoms with Gasteiger partial charge in [0.1, 0.15) is 23.7 Å². The van der Waals surface area contributed by atoms with Crippen molar-refractivity contribution in [1.82, 2.24) is 14.3 Å². The molecule has 0 aliphatic carbocycles. The van der Waals surface area contributed by atoms with Crippen molar-refractivity contribution in [3.8, 4) is 5.75 Å². The molecule has 9 heteroatoms. The highest BCUT2D eigenvalue weighted by Crippen LogP contribution is 2.26. The van der Waals surface area contributed by atoms with Gasteiger partial charge in [-0.05, 0) is 42.5 Å². The molecular formula is C19H19FN4O3S. The van der Waals surface area contributed by atoms with Gasteiger partial charge in [0, 0.05) is 31.6 Å². The molecule has 0 unspecified atom stereocenters. The fraction of sp³-hybridized carbons (Fsp3) is 0.263. The highest BCUT2D eigenvalue weighted by atomic mass is 32.2. The fourth-order valence-electron chi connectivity index (χ4n) is 3.30. The molecule has 7 nitrogen and oxygen atoms in total. The molecule has 146 valence electrons. The van der Waals surface area contributed by atoms with E-state index in [0.717, 1.165) is 0 Å². The molecule has 4 rings (SSSR count). The van der Waals surface area contributed by atoms with Gasteiger partial charge in [0.25, 0.3) is 0 Å². The number of sulfonamides is 1. The van der Waals surface area contributed by atoms with Crippen molar-refractivity contribution in [3.63, 3.8) is 0 Å². The van der Waals surface area contributed by atoms with Crippen molar-refractivity contribution in [2.75, 3.05) is 38.2 Å². The van der Waals surface area contributed by atoms with Crippen molar-refractivity contribution in [3.05, 3.63) is 54.6 Å². The highest BCUT2D eigenvalue weighted by molar-refractivity contribution is 7.89. The molecule has 0 spiro atoms. The standard InChI is InChI=1S/C19H19FN4O3S/c1-27-15-3-5-16(6-4-15)28(25,26)24-10-8-23(9-11-24)19-17-12-14(20)2-7-18(17)21-13-22-19/h2-7,12-13H,8-11H2,1H3. The van der Waals surface area contributed by atoms with Gasteiger partial charge in [-0.25, -0.2) is 22.8 Å². The summed E-state index contributed by atoms with van der Waals surface area (Å²) in [6.45, 7) is 1.54. The minimum absolute atomic E-state index is 0.233. The van der Waals surface area contributed by atoms with E-state index in [0.29, 0.717) is 48.6 Å². The summed E-state index contributed by atoms with van der Waals surface area (Å²) in [6, 6.07) is 10.7. The van der Waals surface area contributed by atoms with E-state index in [9.17, 15) is 12.8 Å². The Hall–Kier alpha value is -2.78. The van der Waals surface area contributed by atoms with Gasteiger partial charge < -0.3 is 9.64 Å². The van der Waals surface area contributed by atoms with E-state index in [1.807, 2.05) is 4.90 Å². The second-order valence-corrected chi connectivity index (χ2v) is 8.36. The number of fused-ring (bicyclic) bond motifs is 1. The summed E-state index contributed by atoms with van der Waals surface area (Å²) < 4.78 is 46.0.